The van der Waals surface area contributed by atoms with Crippen molar-refractivity contribution in [3.05, 3.63) is 60.8 Å². The zero-order chi connectivity index (χ0) is 61.7. The molecule has 8 atom stereocenters. The van der Waals surface area contributed by atoms with E-state index in [1.165, 1.54) is 186 Å². The largest absolute Gasteiger partial charge is 0.454 e. The summed E-state index contributed by atoms with van der Waals surface area (Å²) in [5.74, 6) is -1.19. The van der Waals surface area contributed by atoms with Crippen molar-refractivity contribution in [3.63, 3.8) is 0 Å². The van der Waals surface area contributed by atoms with Gasteiger partial charge in [-0.25, -0.2) is 0 Å². The number of hydrogen-bond acceptors (Lipinski definition) is 10. The summed E-state index contributed by atoms with van der Waals surface area (Å²) in [4.78, 5) is 26.7. The Hall–Kier alpha value is -2.64. The molecule has 1 aliphatic rings. The summed E-state index contributed by atoms with van der Waals surface area (Å²) in [6.07, 6.45) is 68.2. The Morgan fingerprint density at radius 1 is 0.459 bits per heavy atom. The molecule has 0 spiro atoms. The zero-order valence-electron chi connectivity index (χ0n) is 55.2. The van der Waals surface area contributed by atoms with E-state index in [1.807, 2.05) is 6.08 Å². The molecule has 496 valence electrons. The molecule has 0 aromatic rings. The third-order valence-electron chi connectivity index (χ3n) is 16.9. The van der Waals surface area contributed by atoms with E-state index in [-0.39, 0.29) is 13.0 Å². The molecular formula is C74H135NO10. The molecule has 6 N–H and O–H groups in total. The first-order valence-corrected chi connectivity index (χ1v) is 36.1. The van der Waals surface area contributed by atoms with Crippen LogP contribution in [0.3, 0.4) is 0 Å². The van der Waals surface area contributed by atoms with Crippen LogP contribution in [0.25, 0.3) is 0 Å². The van der Waals surface area contributed by atoms with Crippen molar-refractivity contribution in [3.8, 4) is 0 Å². The van der Waals surface area contributed by atoms with Gasteiger partial charge in [0, 0.05) is 6.42 Å². The van der Waals surface area contributed by atoms with Crippen LogP contribution in [0.4, 0.5) is 0 Å². The van der Waals surface area contributed by atoms with Crippen molar-refractivity contribution in [2.24, 2.45) is 0 Å². The van der Waals surface area contributed by atoms with Gasteiger partial charge >= 0.3 is 5.97 Å². The first-order valence-electron chi connectivity index (χ1n) is 36.1. The van der Waals surface area contributed by atoms with Gasteiger partial charge in [0.05, 0.1) is 25.4 Å². The number of hydrogen-bond donors (Lipinski definition) is 6. The van der Waals surface area contributed by atoms with Crippen LogP contribution in [0.1, 0.15) is 335 Å². The van der Waals surface area contributed by atoms with Crippen molar-refractivity contribution in [2.75, 3.05) is 13.2 Å². The smallest absolute Gasteiger partial charge is 0.306 e. The van der Waals surface area contributed by atoms with E-state index in [0.29, 0.717) is 19.3 Å². The molecule has 0 aromatic heterocycles. The van der Waals surface area contributed by atoms with Crippen LogP contribution in [0.15, 0.2) is 60.8 Å². The fraction of sp³-hybridized carbons (Fsp3) is 0.838. The van der Waals surface area contributed by atoms with E-state index in [2.05, 4.69) is 74.7 Å². The van der Waals surface area contributed by atoms with Gasteiger partial charge in [0.1, 0.15) is 24.4 Å². The monoisotopic (exact) mass is 1200 g/mol. The maximum Gasteiger partial charge on any atom is 0.306 e. The predicted octanol–water partition coefficient (Wildman–Crippen LogP) is 18.5. The molecular weight excluding hydrogens is 1060 g/mol. The van der Waals surface area contributed by atoms with Crippen LogP contribution in [0, 0.1) is 0 Å². The number of carbonyl (C=O) groups excluding carboxylic acids is 2. The Morgan fingerprint density at radius 2 is 0.812 bits per heavy atom. The van der Waals surface area contributed by atoms with Crippen molar-refractivity contribution in [1.29, 1.82) is 0 Å². The lowest BCUT2D eigenvalue weighted by atomic mass is 9.99. The molecule has 85 heavy (non-hydrogen) atoms. The highest BCUT2D eigenvalue weighted by atomic mass is 16.7. The minimum Gasteiger partial charge on any atom is -0.454 e. The fourth-order valence-corrected chi connectivity index (χ4v) is 11.2. The van der Waals surface area contributed by atoms with Crippen LogP contribution < -0.4 is 5.32 Å². The number of ether oxygens (including phenoxy) is 3. The van der Waals surface area contributed by atoms with Gasteiger partial charge in [-0.1, -0.05) is 319 Å². The predicted molar refractivity (Wildman–Crippen MR) is 356 cm³/mol. The molecule has 0 aliphatic carbocycles. The standard InChI is InChI=1S/C74H135NO10/c1-4-7-10-13-16-19-22-25-27-29-31-33-34-35-37-39-41-44-47-50-53-56-59-62-69(79)85-72-71(81)70(80)68(63-76)84-74(72)83-64-65(66(77)60-57-54-51-48-45-42-24-21-18-15-12-9-6-3)75-73(82)67(78)61-58-55-52-49-46-43-40-38-36-32-30-28-26-23-20-17-14-11-8-5-2/h16,19,25,27,31,33,35,37,57,60,65-68,70-72,74,76-78,80-81H,4-15,17-18,20-24,26,28-30,32,34,36,38-56,58-59,61-64H2,1-3H3,(H,75,82)/b19-16-,27-25-,33-31-,37-35-,60-57+. The van der Waals surface area contributed by atoms with E-state index in [0.717, 1.165) is 103 Å². The molecule has 8 unspecified atom stereocenters. The van der Waals surface area contributed by atoms with Crippen molar-refractivity contribution < 1.29 is 49.3 Å². The number of nitrogens with one attached hydrogen (secondary N) is 1. The molecule has 11 nitrogen and oxygen atoms in total. The Kier molecular flexibility index (Phi) is 58.2. The fourth-order valence-electron chi connectivity index (χ4n) is 11.2. The van der Waals surface area contributed by atoms with E-state index < -0.39 is 67.4 Å². The molecule has 0 radical (unpaired) electrons. The van der Waals surface area contributed by atoms with Crippen LogP contribution in [-0.2, 0) is 23.8 Å². The number of unbranched alkanes of at least 4 members (excludes halogenated alkanes) is 40. The third kappa shape index (κ3) is 48.9. The lowest BCUT2D eigenvalue weighted by Crippen LogP contribution is -2.61. The second-order valence-corrected chi connectivity index (χ2v) is 25.0. The van der Waals surface area contributed by atoms with Crippen LogP contribution in [0.5, 0.6) is 0 Å². The molecule has 0 saturated carbocycles. The van der Waals surface area contributed by atoms with E-state index in [9.17, 15) is 35.1 Å². The molecule has 1 fully saturated rings. The number of aliphatic hydroxyl groups is 5. The number of allylic oxidation sites excluding steroid dienone is 9. The summed E-state index contributed by atoms with van der Waals surface area (Å²) in [6.45, 7) is 5.81. The maximum atomic E-state index is 13.5. The maximum absolute atomic E-state index is 13.5. The van der Waals surface area contributed by atoms with Gasteiger partial charge in [0.25, 0.3) is 0 Å². The van der Waals surface area contributed by atoms with Gasteiger partial charge in [0.2, 0.25) is 5.91 Å². The molecule has 11 heteroatoms. The Bertz CT molecular complexity index is 1620. The summed E-state index contributed by atoms with van der Waals surface area (Å²) >= 11 is 0. The second kappa shape index (κ2) is 61.6. The molecule has 1 saturated heterocycles. The van der Waals surface area contributed by atoms with Gasteiger partial charge in [-0.3, -0.25) is 9.59 Å². The van der Waals surface area contributed by atoms with Gasteiger partial charge in [-0.2, -0.15) is 0 Å². The van der Waals surface area contributed by atoms with Crippen molar-refractivity contribution in [2.45, 2.75) is 384 Å². The Labute approximate surface area is 522 Å². The number of amides is 1. The van der Waals surface area contributed by atoms with Gasteiger partial charge in [-0.05, 0) is 70.6 Å². The van der Waals surface area contributed by atoms with E-state index in [1.54, 1.807) is 6.08 Å². The second-order valence-electron chi connectivity index (χ2n) is 25.0. The molecule has 1 heterocycles. The SMILES string of the molecule is CCCCC/C=C\C/C=C\C/C=C\C/C=C\CCCCCCCCCC(=O)OC1C(OCC(NC(=O)C(O)CCCCCCCCCCCCCCCCCCCCCC)C(O)/C=C/CCCCCCCCCCCCC)OC(CO)C(O)C1O. The first kappa shape index (κ1) is 80.4. The van der Waals surface area contributed by atoms with Crippen LogP contribution in [0.2, 0.25) is 0 Å². The lowest BCUT2D eigenvalue weighted by molar-refractivity contribution is -0.305. The zero-order valence-corrected chi connectivity index (χ0v) is 55.2. The molecule has 1 amide bonds. The summed E-state index contributed by atoms with van der Waals surface area (Å²) in [5, 5.41) is 57.3. The third-order valence-corrected chi connectivity index (χ3v) is 16.9. The Morgan fingerprint density at radius 3 is 1.24 bits per heavy atom. The molecule has 0 aromatic carbocycles. The van der Waals surface area contributed by atoms with E-state index >= 15 is 0 Å². The minimum absolute atomic E-state index is 0.111. The summed E-state index contributed by atoms with van der Waals surface area (Å²) < 4.78 is 17.7. The summed E-state index contributed by atoms with van der Waals surface area (Å²) in [5.41, 5.74) is 0. The van der Waals surface area contributed by atoms with Crippen molar-refractivity contribution >= 4 is 11.9 Å². The highest BCUT2D eigenvalue weighted by Gasteiger charge is 2.47. The van der Waals surface area contributed by atoms with Crippen LogP contribution in [-0.4, -0.2) is 99.6 Å². The first-order chi connectivity index (χ1) is 41.7. The van der Waals surface area contributed by atoms with Gasteiger partial charge in [0.15, 0.2) is 12.4 Å². The number of rotatable bonds is 62. The number of carbonyl (C=O) groups is 2. The van der Waals surface area contributed by atoms with Gasteiger partial charge in [-0.15, -0.1) is 0 Å². The van der Waals surface area contributed by atoms with Crippen LogP contribution >= 0.6 is 0 Å². The molecule has 0 bridgehead atoms. The number of aliphatic hydroxyl groups excluding tert-OH is 5. The highest BCUT2D eigenvalue weighted by molar-refractivity contribution is 5.80. The molecule has 1 rings (SSSR count). The van der Waals surface area contributed by atoms with Gasteiger partial charge < -0.3 is 45.1 Å². The Balaban J connectivity index is 2.60. The summed E-state index contributed by atoms with van der Waals surface area (Å²) in [7, 11) is 0. The van der Waals surface area contributed by atoms with E-state index in [4.69, 9.17) is 14.2 Å². The average molecular weight is 1200 g/mol. The number of esters is 1. The lowest BCUT2D eigenvalue weighted by Gasteiger charge is -2.41. The van der Waals surface area contributed by atoms with Crippen molar-refractivity contribution in [1.82, 2.24) is 5.32 Å². The normalized spacial score (nSPS) is 18.7. The topological polar surface area (TPSA) is 175 Å². The minimum atomic E-state index is -1.62. The average Bonchev–Trinajstić information content (AvgIpc) is 2.49. The quantitative estimate of drug-likeness (QED) is 0.0195. The highest BCUT2D eigenvalue weighted by Crippen LogP contribution is 2.26. The summed E-state index contributed by atoms with van der Waals surface area (Å²) in [6, 6.07) is -1.03. The molecule has 1 aliphatic heterocycles.